The first-order chi connectivity index (χ1) is 6.79. The molecule has 2 rings (SSSR count). The van der Waals surface area contributed by atoms with E-state index in [4.69, 9.17) is 0 Å². The number of hydrogen-bond acceptors (Lipinski definition) is 5. The average Bonchev–Trinajstić information content (AvgIpc) is 2.77. The molecule has 0 saturated heterocycles. The molecule has 5 nitrogen and oxygen atoms in total. The second-order valence-corrected chi connectivity index (χ2v) is 3.94. The highest BCUT2D eigenvalue weighted by Crippen LogP contribution is 2.15. The third kappa shape index (κ3) is 1.74. The van der Waals surface area contributed by atoms with Crippen LogP contribution in [-0.4, -0.2) is 27.0 Å². The molecule has 0 fully saturated rings. The third-order valence-electron chi connectivity index (χ3n) is 1.89. The van der Waals surface area contributed by atoms with E-state index in [-0.39, 0.29) is 0 Å². The maximum absolute atomic E-state index is 4.18. The highest BCUT2D eigenvalue weighted by molar-refractivity contribution is 7.15. The van der Waals surface area contributed by atoms with Crippen molar-refractivity contribution in [3.05, 3.63) is 23.0 Å². The molecule has 0 spiro atoms. The van der Waals surface area contributed by atoms with Gasteiger partial charge in [-0.15, -0.1) is 10.2 Å². The second kappa shape index (κ2) is 3.75. The van der Waals surface area contributed by atoms with E-state index in [1.54, 1.807) is 17.5 Å². The molecular formula is C8H11N5S. The first-order valence-corrected chi connectivity index (χ1v) is 5.10. The quantitative estimate of drug-likeness (QED) is 0.823. The molecule has 0 aliphatic heterocycles. The molecule has 2 aromatic rings. The van der Waals surface area contributed by atoms with Crippen LogP contribution in [0, 0.1) is 6.92 Å². The molecule has 0 atom stereocenters. The molecule has 2 aromatic heterocycles. The summed E-state index contributed by atoms with van der Waals surface area (Å²) in [6.07, 6.45) is 1.79. The van der Waals surface area contributed by atoms with Gasteiger partial charge in [0, 0.05) is 18.9 Å². The molecule has 0 unspecified atom stereocenters. The van der Waals surface area contributed by atoms with Crippen LogP contribution < -0.4 is 5.32 Å². The molecular weight excluding hydrogens is 198 g/mol. The highest BCUT2D eigenvalue weighted by atomic mass is 32.1. The Labute approximate surface area is 85.8 Å². The van der Waals surface area contributed by atoms with Crippen LogP contribution in [0.3, 0.4) is 0 Å². The molecule has 0 bridgehead atoms. The number of hydrogen-bond donors (Lipinski definition) is 1. The molecule has 2 heterocycles. The normalized spacial score (nSPS) is 10.4. The monoisotopic (exact) mass is 209 g/mol. The predicted molar refractivity (Wildman–Crippen MR) is 55.5 cm³/mol. The summed E-state index contributed by atoms with van der Waals surface area (Å²) in [6, 6.07) is 1.97. The van der Waals surface area contributed by atoms with Crippen LogP contribution in [0.5, 0.6) is 0 Å². The van der Waals surface area contributed by atoms with Gasteiger partial charge in [-0.25, -0.2) is 0 Å². The van der Waals surface area contributed by atoms with E-state index in [1.165, 1.54) is 0 Å². The zero-order chi connectivity index (χ0) is 9.97. The molecule has 74 valence electrons. The number of aromatic nitrogens is 4. The van der Waals surface area contributed by atoms with Crippen molar-refractivity contribution in [3.63, 3.8) is 0 Å². The fraction of sp³-hybridized carbons (Fsp3) is 0.375. The maximum Gasteiger partial charge on any atom is 0.205 e. The summed E-state index contributed by atoms with van der Waals surface area (Å²) in [5.41, 5.74) is 1.13. The standard InChI is InChI=1S/C8H11N5S/c1-6-3-4-10-13(6)5-7-11-12-8(9-2)14-7/h3-4H,5H2,1-2H3,(H,9,12). The summed E-state index contributed by atoms with van der Waals surface area (Å²) >= 11 is 1.55. The van der Waals surface area contributed by atoms with E-state index in [2.05, 4.69) is 20.6 Å². The van der Waals surface area contributed by atoms with Gasteiger partial charge in [-0.3, -0.25) is 4.68 Å². The number of nitrogens with zero attached hydrogens (tertiary/aromatic N) is 4. The lowest BCUT2D eigenvalue weighted by Crippen LogP contribution is -2.02. The first-order valence-electron chi connectivity index (χ1n) is 4.28. The van der Waals surface area contributed by atoms with Crippen molar-refractivity contribution in [2.24, 2.45) is 0 Å². The molecule has 0 aliphatic carbocycles. The largest absolute Gasteiger partial charge is 0.363 e. The van der Waals surface area contributed by atoms with Crippen LogP contribution in [-0.2, 0) is 6.54 Å². The molecule has 0 aromatic carbocycles. The van der Waals surface area contributed by atoms with Crippen molar-refractivity contribution in [1.29, 1.82) is 0 Å². The van der Waals surface area contributed by atoms with E-state index in [0.717, 1.165) is 15.8 Å². The summed E-state index contributed by atoms with van der Waals surface area (Å²) in [5, 5.41) is 16.9. The lowest BCUT2D eigenvalue weighted by molar-refractivity contribution is 0.657. The van der Waals surface area contributed by atoms with Crippen LogP contribution in [0.2, 0.25) is 0 Å². The Morgan fingerprint density at radius 2 is 2.36 bits per heavy atom. The zero-order valence-corrected chi connectivity index (χ0v) is 8.88. The number of aryl methyl sites for hydroxylation is 1. The minimum Gasteiger partial charge on any atom is -0.363 e. The highest BCUT2D eigenvalue weighted by Gasteiger charge is 2.04. The lowest BCUT2D eigenvalue weighted by atomic mass is 10.5. The van der Waals surface area contributed by atoms with Crippen LogP contribution in [0.15, 0.2) is 12.3 Å². The Morgan fingerprint density at radius 3 is 2.93 bits per heavy atom. The van der Waals surface area contributed by atoms with Gasteiger partial charge in [0.25, 0.3) is 0 Å². The number of anilines is 1. The lowest BCUT2D eigenvalue weighted by Gasteiger charge is -1.98. The van der Waals surface area contributed by atoms with Gasteiger partial charge in [-0.05, 0) is 13.0 Å². The topological polar surface area (TPSA) is 55.6 Å². The Morgan fingerprint density at radius 1 is 1.50 bits per heavy atom. The first kappa shape index (κ1) is 9.14. The minimum atomic E-state index is 0.693. The second-order valence-electron chi connectivity index (χ2n) is 2.88. The molecule has 0 radical (unpaired) electrons. The van der Waals surface area contributed by atoms with Crippen molar-refractivity contribution in [2.75, 3.05) is 12.4 Å². The number of nitrogens with one attached hydrogen (secondary N) is 1. The smallest absolute Gasteiger partial charge is 0.205 e. The van der Waals surface area contributed by atoms with E-state index in [9.17, 15) is 0 Å². The van der Waals surface area contributed by atoms with Crippen molar-refractivity contribution in [2.45, 2.75) is 13.5 Å². The van der Waals surface area contributed by atoms with E-state index in [1.807, 2.05) is 24.7 Å². The van der Waals surface area contributed by atoms with Gasteiger partial charge >= 0.3 is 0 Å². The summed E-state index contributed by atoms with van der Waals surface area (Å²) in [5.74, 6) is 0. The summed E-state index contributed by atoms with van der Waals surface area (Å²) in [7, 11) is 1.84. The van der Waals surface area contributed by atoms with Crippen LogP contribution in [0.4, 0.5) is 5.13 Å². The summed E-state index contributed by atoms with van der Waals surface area (Å²) in [4.78, 5) is 0. The van der Waals surface area contributed by atoms with Gasteiger partial charge in [0.1, 0.15) is 5.01 Å². The van der Waals surface area contributed by atoms with E-state index in [0.29, 0.717) is 6.54 Å². The zero-order valence-electron chi connectivity index (χ0n) is 8.06. The van der Waals surface area contributed by atoms with Gasteiger partial charge in [0.05, 0.1) is 6.54 Å². The van der Waals surface area contributed by atoms with Gasteiger partial charge in [-0.2, -0.15) is 5.10 Å². The average molecular weight is 209 g/mol. The Bertz CT molecular complexity index is 419. The Balaban J connectivity index is 2.15. The Kier molecular flexibility index (Phi) is 2.45. The molecule has 14 heavy (non-hydrogen) atoms. The summed E-state index contributed by atoms with van der Waals surface area (Å²) in [6.45, 7) is 2.71. The van der Waals surface area contributed by atoms with Gasteiger partial charge in [0.2, 0.25) is 5.13 Å². The van der Waals surface area contributed by atoms with Crippen molar-refractivity contribution in [3.8, 4) is 0 Å². The molecule has 1 N–H and O–H groups in total. The van der Waals surface area contributed by atoms with E-state index >= 15 is 0 Å². The van der Waals surface area contributed by atoms with Gasteiger partial charge < -0.3 is 5.32 Å². The minimum absolute atomic E-state index is 0.693. The van der Waals surface area contributed by atoms with E-state index < -0.39 is 0 Å². The predicted octanol–water partition coefficient (Wildman–Crippen LogP) is 1.13. The molecule has 0 amide bonds. The summed E-state index contributed by atoms with van der Waals surface area (Å²) < 4.78 is 1.90. The van der Waals surface area contributed by atoms with Crippen LogP contribution in [0.25, 0.3) is 0 Å². The van der Waals surface area contributed by atoms with Crippen molar-refractivity contribution < 1.29 is 0 Å². The van der Waals surface area contributed by atoms with Gasteiger partial charge in [0.15, 0.2) is 0 Å². The van der Waals surface area contributed by atoms with Crippen LogP contribution in [0.1, 0.15) is 10.7 Å². The fourth-order valence-corrected chi connectivity index (χ4v) is 1.79. The van der Waals surface area contributed by atoms with Gasteiger partial charge in [-0.1, -0.05) is 11.3 Å². The molecule has 0 aliphatic rings. The van der Waals surface area contributed by atoms with Crippen molar-refractivity contribution >= 4 is 16.5 Å². The maximum atomic E-state index is 4.18. The fourth-order valence-electron chi connectivity index (χ4n) is 1.11. The van der Waals surface area contributed by atoms with Crippen LogP contribution >= 0.6 is 11.3 Å². The number of rotatable bonds is 3. The molecule has 6 heteroatoms. The SMILES string of the molecule is CNc1nnc(Cn2nccc2C)s1. The third-order valence-corrected chi connectivity index (χ3v) is 2.82. The molecule has 0 saturated carbocycles. The Hall–Kier alpha value is -1.43. The van der Waals surface area contributed by atoms with Crippen molar-refractivity contribution in [1.82, 2.24) is 20.0 Å².